The molecule has 1 N–H and O–H groups in total. The van der Waals surface area contributed by atoms with Gasteiger partial charge in [-0.25, -0.2) is 0 Å². The molecule has 8 nitrogen and oxygen atoms in total. The quantitative estimate of drug-likeness (QED) is 0.796. The zero-order valence-electron chi connectivity index (χ0n) is 18.3. The summed E-state index contributed by atoms with van der Waals surface area (Å²) < 4.78 is 1.85. The average molecular weight is 437 g/mol. The number of carbonyl (C=O) groups is 3. The molecule has 1 aliphatic heterocycles. The molecule has 2 aromatic rings. The van der Waals surface area contributed by atoms with Crippen molar-refractivity contribution in [3.05, 3.63) is 64.1 Å². The number of benzene rings is 1. The van der Waals surface area contributed by atoms with Gasteiger partial charge in [-0.15, -0.1) is 0 Å². The van der Waals surface area contributed by atoms with E-state index in [2.05, 4.69) is 5.32 Å². The maximum Gasteiger partial charge on any atom is 0.259 e. The van der Waals surface area contributed by atoms with Gasteiger partial charge in [0.1, 0.15) is 17.7 Å². The number of hydrogen-bond donors (Lipinski definition) is 1. The van der Waals surface area contributed by atoms with Crippen LogP contribution in [0, 0.1) is 0 Å². The Morgan fingerprint density at radius 3 is 2.28 bits per heavy atom. The van der Waals surface area contributed by atoms with Crippen LogP contribution in [-0.4, -0.2) is 53.9 Å². The summed E-state index contributed by atoms with van der Waals surface area (Å²) in [5.74, 6) is -1.23. The minimum Gasteiger partial charge on any atom is -0.355 e. The minimum atomic E-state index is -0.598. The molecule has 0 spiro atoms. The third-order valence-electron chi connectivity index (χ3n) is 6.32. The maximum atomic E-state index is 13.3. The number of hydrogen-bond acceptors (Lipinski definition) is 4. The molecule has 2 aliphatic rings. The zero-order valence-corrected chi connectivity index (χ0v) is 18.3. The molecule has 168 valence electrons. The summed E-state index contributed by atoms with van der Waals surface area (Å²) >= 11 is 0. The fraction of sp³-hybridized carbons (Fsp3) is 0.417. The summed E-state index contributed by atoms with van der Waals surface area (Å²) in [4.78, 5) is 54.5. The number of rotatable bonds is 4. The van der Waals surface area contributed by atoms with E-state index in [0.29, 0.717) is 13.1 Å². The van der Waals surface area contributed by atoms with Crippen molar-refractivity contribution in [2.75, 3.05) is 31.6 Å². The van der Waals surface area contributed by atoms with Crippen LogP contribution in [0.15, 0.2) is 47.5 Å². The molecule has 8 heteroatoms. The summed E-state index contributed by atoms with van der Waals surface area (Å²) in [5.41, 5.74) is 0.0843. The molecule has 0 radical (unpaired) electrons. The van der Waals surface area contributed by atoms with Crippen LogP contribution < -0.4 is 15.6 Å². The van der Waals surface area contributed by atoms with Gasteiger partial charge in [0.2, 0.25) is 11.3 Å². The van der Waals surface area contributed by atoms with E-state index in [1.54, 1.807) is 17.3 Å². The van der Waals surface area contributed by atoms with E-state index in [0.717, 1.165) is 31.4 Å². The smallest absolute Gasteiger partial charge is 0.259 e. The van der Waals surface area contributed by atoms with Crippen LogP contribution in [0.2, 0.25) is 0 Å². The number of carbonyl (C=O) groups excluding carboxylic acids is 3. The third-order valence-corrected chi connectivity index (χ3v) is 6.32. The van der Waals surface area contributed by atoms with Gasteiger partial charge in [-0.05, 0) is 25.0 Å². The Labute approximate surface area is 186 Å². The molecule has 32 heavy (non-hydrogen) atoms. The predicted molar refractivity (Wildman–Crippen MR) is 121 cm³/mol. The lowest BCUT2D eigenvalue weighted by Crippen LogP contribution is -2.53. The van der Waals surface area contributed by atoms with Crippen molar-refractivity contribution in [2.45, 2.75) is 38.1 Å². The number of pyridine rings is 1. The molecule has 0 atom stereocenters. The normalized spacial score (nSPS) is 17.3. The van der Waals surface area contributed by atoms with Crippen LogP contribution in [0.5, 0.6) is 0 Å². The molecule has 1 saturated carbocycles. The highest BCUT2D eigenvalue weighted by atomic mass is 16.2. The summed E-state index contributed by atoms with van der Waals surface area (Å²) in [6.45, 7) is 0.549. The zero-order chi connectivity index (χ0) is 22.7. The third kappa shape index (κ3) is 4.30. The van der Waals surface area contributed by atoms with Crippen molar-refractivity contribution in [3.8, 4) is 0 Å². The molecule has 1 saturated heterocycles. The molecule has 1 aromatic carbocycles. The molecule has 4 rings (SSSR count). The van der Waals surface area contributed by atoms with E-state index in [1.165, 1.54) is 18.4 Å². The molecular formula is C24H28N4O4. The van der Waals surface area contributed by atoms with Crippen LogP contribution in [0.25, 0.3) is 0 Å². The number of nitrogens with one attached hydrogen (secondary N) is 1. The first-order valence-electron chi connectivity index (χ1n) is 11.1. The highest BCUT2D eigenvalue weighted by Gasteiger charge is 2.31. The van der Waals surface area contributed by atoms with E-state index < -0.39 is 17.2 Å². The maximum absolute atomic E-state index is 13.3. The SMILES string of the molecule is CNC(=O)c1cn(C2CCCCC2)cc(C(=O)N2CCN(c3ccccc3)C(=O)C2)c1=O. The number of anilines is 1. The molecule has 2 heterocycles. The van der Waals surface area contributed by atoms with Gasteiger partial charge in [0.05, 0.1) is 0 Å². The van der Waals surface area contributed by atoms with Crippen LogP contribution in [0.4, 0.5) is 5.69 Å². The van der Waals surface area contributed by atoms with E-state index in [-0.39, 0.29) is 29.6 Å². The molecule has 1 aliphatic carbocycles. The highest BCUT2D eigenvalue weighted by Crippen LogP contribution is 2.28. The Morgan fingerprint density at radius 1 is 0.938 bits per heavy atom. The van der Waals surface area contributed by atoms with E-state index >= 15 is 0 Å². The Hall–Kier alpha value is -3.42. The first-order chi connectivity index (χ1) is 15.5. The number of aromatic nitrogens is 1. The van der Waals surface area contributed by atoms with Gasteiger partial charge in [-0.3, -0.25) is 19.2 Å². The average Bonchev–Trinajstić information content (AvgIpc) is 2.84. The Kier molecular flexibility index (Phi) is 6.39. The molecule has 2 fully saturated rings. The highest BCUT2D eigenvalue weighted by molar-refractivity contribution is 6.03. The van der Waals surface area contributed by atoms with Crippen molar-refractivity contribution in [3.63, 3.8) is 0 Å². The summed E-state index contributed by atoms with van der Waals surface area (Å²) in [5, 5.41) is 2.49. The van der Waals surface area contributed by atoms with Crippen molar-refractivity contribution >= 4 is 23.4 Å². The fourth-order valence-electron chi connectivity index (χ4n) is 4.53. The Balaban J connectivity index is 1.62. The lowest BCUT2D eigenvalue weighted by Gasteiger charge is -2.34. The van der Waals surface area contributed by atoms with Crippen molar-refractivity contribution in [1.29, 1.82) is 0 Å². The monoisotopic (exact) mass is 436 g/mol. The second kappa shape index (κ2) is 9.38. The van der Waals surface area contributed by atoms with E-state index in [9.17, 15) is 19.2 Å². The van der Waals surface area contributed by atoms with Gasteiger partial charge < -0.3 is 19.7 Å². The number of para-hydroxylation sites is 1. The Bertz CT molecular complexity index is 1070. The fourth-order valence-corrected chi connectivity index (χ4v) is 4.53. The second-order valence-corrected chi connectivity index (χ2v) is 8.34. The topological polar surface area (TPSA) is 91.7 Å². The molecule has 3 amide bonds. The van der Waals surface area contributed by atoms with Crippen LogP contribution in [0.1, 0.15) is 58.9 Å². The summed E-state index contributed by atoms with van der Waals surface area (Å²) in [6, 6.07) is 9.45. The van der Waals surface area contributed by atoms with Gasteiger partial charge in [0.25, 0.3) is 11.8 Å². The first-order valence-corrected chi connectivity index (χ1v) is 11.1. The van der Waals surface area contributed by atoms with Crippen molar-refractivity contribution < 1.29 is 14.4 Å². The second-order valence-electron chi connectivity index (χ2n) is 8.34. The Morgan fingerprint density at radius 2 is 1.62 bits per heavy atom. The minimum absolute atomic E-state index is 0.0434. The van der Waals surface area contributed by atoms with Gasteiger partial charge >= 0.3 is 0 Å². The first kappa shape index (κ1) is 21.8. The van der Waals surface area contributed by atoms with Gasteiger partial charge in [-0.1, -0.05) is 37.5 Å². The standard InChI is InChI=1S/C24H28N4O4/c1-25-23(31)19-14-27(17-8-4-2-5-9-17)15-20(22(19)30)24(32)26-12-13-28(21(29)16-26)18-10-6-3-7-11-18/h3,6-7,10-11,14-15,17H,2,4-5,8-9,12-13,16H2,1H3,(H,25,31). The molecular weight excluding hydrogens is 408 g/mol. The number of nitrogens with zero attached hydrogens (tertiary/aromatic N) is 3. The molecule has 0 unspecified atom stereocenters. The van der Waals surface area contributed by atoms with Crippen LogP contribution in [0.3, 0.4) is 0 Å². The van der Waals surface area contributed by atoms with Gasteiger partial charge in [-0.2, -0.15) is 0 Å². The van der Waals surface area contributed by atoms with E-state index in [1.807, 2.05) is 34.9 Å². The molecule has 0 bridgehead atoms. The van der Waals surface area contributed by atoms with Gasteiger partial charge in [0.15, 0.2) is 0 Å². The van der Waals surface area contributed by atoms with Crippen LogP contribution >= 0.6 is 0 Å². The van der Waals surface area contributed by atoms with Crippen molar-refractivity contribution in [2.24, 2.45) is 0 Å². The predicted octanol–water partition coefficient (Wildman–Crippen LogP) is 2.20. The number of piperazine rings is 1. The lowest BCUT2D eigenvalue weighted by atomic mass is 9.95. The molecule has 1 aromatic heterocycles. The van der Waals surface area contributed by atoms with Crippen molar-refractivity contribution in [1.82, 2.24) is 14.8 Å². The summed E-state index contributed by atoms with van der Waals surface area (Å²) in [6.07, 6.45) is 8.33. The number of amides is 3. The van der Waals surface area contributed by atoms with E-state index in [4.69, 9.17) is 0 Å². The van der Waals surface area contributed by atoms with Crippen LogP contribution in [-0.2, 0) is 4.79 Å². The van der Waals surface area contributed by atoms with Gasteiger partial charge in [0, 0.05) is 44.3 Å². The largest absolute Gasteiger partial charge is 0.355 e. The summed E-state index contributed by atoms with van der Waals surface area (Å²) in [7, 11) is 1.46. The lowest BCUT2D eigenvalue weighted by molar-refractivity contribution is -0.120.